The van der Waals surface area contributed by atoms with Gasteiger partial charge in [-0.3, -0.25) is 4.79 Å². The number of carbonyl (C=O) groups excluding carboxylic acids is 1. The van der Waals surface area contributed by atoms with Crippen LogP contribution in [0.15, 0.2) is 0 Å². The van der Waals surface area contributed by atoms with Gasteiger partial charge < -0.3 is 5.32 Å². The van der Waals surface area contributed by atoms with Crippen LogP contribution < -0.4 is 5.32 Å². The third kappa shape index (κ3) is 2.16. The number of hydrogen-bond donors (Lipinski definition) is 1. The van der Waals surface area contributed by atoms with Crippen molar-refractivity contribution in [2.75, 3.05) is 0 Å². The van der Waals surface area contributed by atoms with Crippen molar-refractivity contribution >= 4 is 5.91 Å². The van der Waals surface area contributed by atoms with E-state index >= 15 is 0 Å². The minimum Gasteiger partial charge on any atom is -0.353 e. The Bertz CT molecular complexity index is 528. The first kappa shape index (κ1) is 16.9. The predicted molar refractivity (Wildman–Crippen MR) is 98.4 cm³/mol. The van der Waals surface area contributed by atoms with Crippen molar-refractivity contribution in [3.05, 3.63) is 0 Å². The Morgan fingerprint density at radius 2 is 1.75 bits per heavy atom. The summed E-state index contributed by atoms with van der Waals surface area (Å²) in [5, 5.41) is 3.38. The van der Waals surface area contributed by atoms with E-state index in [2.05, 4.69) is 39.9 Å². The second-order valence-electron chi connectivity index (χ2n) is 10.6. The van der Waals surface area contributed by atoms with Gasteiger partial charge in [0.05, 0.1) is 0 Å². The summed E-state index contributed by atoms with van der Waals surface area (Å²) in [7, 11) is 0. The lowest BCUT2D eigenvalue weighted by atomic mass is 9.44. The van der Waals surface area contributed by atoms with Crippen molar-refractivity contribution in [3.63, 3.8) is 0 Å². The minimum absolute atomic E-state index is 0.296. The fourth-order valence-electron chi connectivity index (χ4n) is 8.18. The average Bonchev–Trinajstić information content (AvgIpc) is 2.86. The lowest BCUT2D eigenvalue weighted by molar-refractivity contribution is -0.144. The SMILES string of the molecule is CC(C)C1CCC2C3C(C)CC4NC(=O)CCC4(C)C3CCC12C. The molecule has 2 heteroatoms. The standard InChI is InChI=1S/C22H37NO/c1-13(2)15-6-7-16-20-14(3)12-18-22(5,11-9-19(24)23-18)17(20)8-10-21(15,16)4/h13-18,20H,6-12H2,1-5H3,(H,23,24). The van der Waals surface area contributed by atoms with Crippen LogP contribution in [0.3, 0.4) is 0 Å². The minimum atomic E-state index is 0.296. The van der Waals surface area contributed by atoms with Gasteiger partial charge in [0.1, 0.15) is 0 Å². The van der Waals surface area contributed by atoms with Gasteiger partial charge in [0.15, 0.2) is 0 Å². The highest BCUT2D eigenvalue weighted by Crippen LogP contribution is 2.67. The molecule has 3 aliphatic carbocycles. The molecule has 1 saturated heterocycles. The molecular weight excluding hydrogens is 294 g/mol. The normalized spacial score (nSPS) is 54.0. The van der Waals surface area contributed by atoms with Gasteiger partial charge in [-0.2, -0.15) is 0 Å². The molecule has 4 rings (SSSR count). The summed E-state index contributed by atoms with van der Waals surface area (Å²) in [5.41, 5.74) is 0.924. The molecule has 1 heterocycles. The third-order valence-corrected chi connectivity index (χ3v) is 9.34. The summed E-state index contributed by atoms with van der Waals surface area (Å²) in [4.78, 5) is 12.0. The zero-order valence-corrected chi connectivity index (χ0v) is 16.4. The van der Waals surface area contributed by atoms with Gasteiger partial charge in [0, 0.05) is 12.5 Å². The number of nitrogens with one attached hydrogen (secondary N) is 1. The maximum absolute atomic E-state index is 12.0. The van der Waals surface area contributed by atoms with Crippen LogP contribution in [0.1, 0.15) is 79.6 Å². The van der Waals surface area contributed by atoms with Gasteiger partial charge in [0.25, 0.3) is 0 Å². The molecular formula is C22H37NO. The summed E-state index contributed by atoms with van der Waals surface area (Å²) in [6.45, 7) is 12.5. The molecule has 0 bridgehead atoms. The van der Waals surface area contributed by atoms with E-state index in [1.54, 1.807) is 0 Å². The third-order valence-electron chi connectivity index (χ3n) is 9.34. The molecule has 1 amide bonds. The highest BCUT2D eigenvalue weighted by atomic mass is 16.1. The van der Waals surface area contributed by atoms with E-state index in [1.165, 1.54) is 32.1 Å². The number of fused-ring (bicyclic) bond motifs is 5. The average molecular weight is 332 g/mol. The molecule has 0 aromatic rings. The second-order valence-corrected chi connectivity index (χ2v) is 10.6. The van der Waals surface area contributed by atoms with Crippen LogP contribution in [-0.2, 0) is 4.79 Å². The zero-order chi connectivity index (χ0) is 17.3. The molecule has 0 radical (unpaired) electrons. The number of hydrogen-bond acceptors (Lipinski definition) is 1. The van der Waals surface area contributed by atoms with E-state index < -0.39 is 0 Å². The van der Waals surface area contributed by atoms with Crippen LogP contribution in [0.5, 0.6) is 0 Å². The smallest absolute Gasteiger partial charge is 0.220 e. The van der Waals surface area contributed by atoms with Crippen LogP contribution in [0.2, 0.25) is 0 Å². The maximum Gasteiger partial charge on any atom is 0.220 e. The van der Waals surface area contributed by atoms with E-state index in [4.69, 9.17) is 0 Å². The van der Waals surface area contributed by atoms with Crippen LogP contribution in [0.4, 0.5) is 0 Å². The van der Waals surface area contributed by atoms with Gasteiger partial charge in [-0.15, -0.1) is 0 Å². The van der Waals surface area contributed by atoms with E-state index in [0.717, 1.165) is 48.3 Å². The Hall–Kier alpha value is -0.530. The van der Waals surface area contributed by atoms with Crippen molar-refractivity contribution in [1.29, 1.82) is 0 Å². The Kier molecular flexibility index (Phi) is 3.86. The number of piperidine rings is 1. The first-order valence-corrected chi connectivity index (χ1v) is 10.6. The highest BCUT2D eigenvalue weighted by Gasteiger charge is 2.62. The first-order valence-electron chi connectivity index (χ1n) is 10.6. The fraction of sp³-hybridized carbons (Fsp3) is 0.955. The molecule has 24 heavy (non-hydrogen) atoms. The van der Waals surface area contributed by atoms with Gasteiger partial charge in [0.2, 0.25) is 5.91 Å². The maximum atomic E-state index is 12.0. The van der Waals surface area contributed by atoms with Gasteiger partial charge >= 0.3 is 0 Å². The zero-order valence-electron chi connectivity index (χ0n) is 16.4. The number of carbonyl (C=O) groups is 1. The van der Waals surface area contributed by atoms with Crippen LogP contribution in [0, 0.1) is 46.3 Å². The van der Waals surface area contributed by atoms with Crippen LogP contribution in [0.25, 0.3) is 0 Å². The van der Waals surface area contributed by atoms with E-state index in [9.17, 15) is 4.79 Å². The summed E-state index contributed by atoms with van der Waals surface area (Å²) in [6, 6.07) is 0.432. The number of amides is 1. The molecule has 136 valence electrons. The lowest BCUT2D eigenvalue weighted by Crippen LogP contribution is -2.63. The molecule has 2 nitrogen and oxygen atoms in total. The van der Waals surface area contributed by atoms with Gasteiger partial charge in [-0.05, 0) is 84.9 Å². The first-order chi connectivity index (χ1) is 11.3. The molecule has 4 aliphatic rings. The lowest BCUT2D eigenvalue weighted by Gasteiger charge is -2.62. The molecule has 8 atom stereocenters. The molecule has 0 aromatic carbocycles. The Morgan fingerprint density at radius 3 is 2.46 bits per heavy atom. The van der Waals surface area contributed by atoms with E-state index in [1.807, 2.05) is 0 Å². The highest BCUT2D eigenvalue weighted by molar-refractivity contribution is 5.77. The van der Waals surface area contributed by atoms with Crippen molar-refractivity contribution in [2.45, 2.75) is 85.6 Å². The quantitative estimate of drug-likeness (QED) is 0.717. The van der Waals surface area contributed by atoms with Crippen molar-refractivity contribution in [3.8, 4) is 0 Å². The summed E-state index contributed by atoms with van der Waals surface area (Å²) >= 11 is 0. The second kappa shape index (κ2) is 5.48. The van der Waals surface area contributed by atoms with E-state index in [-0.39, 0.29) is 0 Å². The molecule has 0 spiro atoms. The Labute approximate surface area is 148 Å². The summed E-state index contributed by atoms with van der Waals surface area (Å²) in [6.07, 6.45) is 8.81. The van der Waals surface area contributed by atoms with Gasteiger partial charge in [-0.1, -0.05) is 34.6 Å². The van der Waals surface area contributed by atoms with Gasteiger partial charge in [-0.25, -0.2) is 0 Å². The van der Waals surface area contributed by atoms with Crippen LogP contribution in [-0.4, -0.2) is 11.9 Å². The molecule has 3 saturated carbocycles. The number of rotatable bonds is 1. The largest absolute Gasteiger partial charge is 0.353 e. The fourth-order valence-corrected chi connectivity index (χ4v) is 8.18. The van der Waals surface area contributed by atoms with E-state index in [0.29, 0.717) is 22.8 Å². The molecule has 1 N–H and O–H groups in total. The summed E-state index contributed by atoms with van der Waals surface area (Å²) < 4.78 is 0. The van der Waals surface area contributed by atoms with Crippen molar-refractivity contribution in [2.24, 2.45) is 46.3 Å². The molecule has 1 aliphatic heterocycles. The Morgan fingerprint density at radius 1 is 1.04 bits per heavy atom. The topological polar surface area (TPSA) is 29.1 Å². The predicted octanol–water partition coefficient (Wildman–Crippen LogP) is 5.03. The summed E-state index contributed by atoms with van der Waals surface area (Å²) in [5.74, 6) is 5.46. The van der Waals surface area contributed by atoms with Crippen molar-refractivity contribution in [1.82, 2.24) is 5.32 Å². The molecule has 0 aromatic heterocycles. The van der Waals surface area contributed by atoms with Crippen LogP contribution >= 0.6 is 0 Å². The Balaban J connectivity index is 1.66. The monoisotopic (exact) mass is 331 g/mol. The molecule has 8 unspecified atom stereocenters. The van der Waals surface area contributed by atoms with Crippen molar-refractivity contribution < 1.29 is 4.79 Å². The molecule has 4 fully saturated rings.